The fourth-order valence-corrected chi connectivity index (χ4v) is 3.61. The molecule has 1 aliphatic heterocycles. The van der Waals surface area contributed by atoms with Gasteiger partial charge < -0.3 is 19.1 Å². The highest BCUT2D eigenvalue weighted by atomic mass is 16.5. The van der Waals surface area contributed by atoms with E-state index in [9.17, 15) is 14.4 Å². The predicted molar refractivity (Wildman–Crippen MR) is 111 cm³/mol. The van der Waals surface area contributed by atoms with Crippen molar-refractivity contribution >= 4 is 23.6 Å². The van der Waals surface area contributed by atoms with Gasteiger partial charge in [-0.05, 0) is 50.0 Å². The van der Waals surface area contributed by atoms with E-state index in [0.717, 1.165) is 32.1 Å². The first-order valence-corrected chi connectivity index (χ1v) is 9.91. The van der Waals surface area contributed by atoms with Crippen LogP contribution in [0.3, 0.4) is 0 Å². The third kappa shape index (κ3) is 4.62. The molecule has 1 aliphatic carbocycles. The Morgan fingerprint density at radius 3 is 2.30 bits per heavy atom. The van der Waals surface area contributed by atoms with E-state index in [2.05, 4.69) is 0 Å². The molecule has 1 heterocycles. The van der Waals surface area contributed by atoms with Crippen LogP contribution < -0.4 is 4.90 Å². The lowest BCUT2D eigenvalue weighted by Crippen LogP contribution is -2.29. The van der Waals surface area contributed by atoms with Gasteiger partial charge in [-0.25, -0.2) is 14.4 Å². The summed E-state index contributed by atoms with van der Waals surface area (Å²) in [4.78, 5) is 39.4. The summed E-state index contributed by atoms with van der Waals surface area (Å²) in [5.41, 5.74) is 0.664. The molecular formula is C23H25NO6. The lowest BCUT2D eigenvalue weighted by Gasteiger charge is -2.26. The Morgan fingerprint density at radius 1 is 0.900 bits per heavy atom. The minimum Gasteiger partial charge on any atom is -0.465 e. The number of allylic oxidation sites excluding steroid dienone is 2. The van der Waals surface area contributed by atoms with Crippen molar-refractivity contribution in [1.29, 1.82) is 0 Å². The van der Waals surface area contributed by atoms with E-state index in [0.29, 0.717) is 11.3 Å². The maximum atomic E-state index is 13.0. The van der Waals surface area contributed by atoms with Crippen LogP contribution in [-0.2, 0) is 23.8 Å². The largest absolute Gasteiger partial charge is 0.465 e. The molecule has 1 aromatic rings. The number of carbonyl (C=O) groups excluding carboxylic acids is 3. The molecule has 2 aliphatic rings. The lowest BCUT2D eigenvalue weighted by molar-refractivity contribution is -0.139. The number of para-hydroxylation sites is 1. The van der Waals surface area contributed by atoms with Crippen LogP contribution in [-0.4, -0.2) is 38.2 Å². The van der Waals surface area contributed by atoms with Gasteiger partial charge in [0, 0.05) is 6.20 Å². The highest BCUT2D eigenvalue weighted by Gasteiger charge is 2.30. The maximum Gasteiger partial charge on any atom is 0.355 e. The summed E-state index contributed by atoms with van der Waals surface area (Å²) < 4.78 is 15.5. The normalized spacial score (nSPS) is 16.8. The number of esters is 3. The molecule has 0 spiro atoms. The Morgan fingerprint density at radius 2 is 1.60 bits per heavy atom. The highest BCUT2D eigenvalue weighted by Crippen LogP contribution is 2.31. The number of methoxy groups -OCH3 is 2. The zero-order valence-corrected chi connectivity index (χ0v) is 17.1. The van der Waals surface area contributed by atoms with Gasteiger partial charge >= 0.3 is 17.9 Å². The first-order chi connectivity index (χ1) is 14.6. The number of nitrogens with zero attached hydrogens (tertiary/aromatic N) is 1. The summed E-state index contributed by atoms with van der Waals surface area (Å²) in [6.45, 7) is 0. The van der Waals surface area contributed by atoms with Crippen LogP contribution in [0.4, 0.5) is 5.69 Å². The molecule has 0 radical (unpaired) electrons. The monoisotopic (exact) mass is 411 g/mol. The van der Waals surface area contributed by atoms with Crippen molar-refractivity contribution in [3.8, 4) is 0 Å². The molecule has 3 rings (SSSR count). The highest BCUT2D eigenvalue weighted by molar-refractivity contribution is 6.07. The molecule has 0 bridgehead atoms. The molecule has 0 atom stereocenters. The van der Waals surface area contributed by atoms with Crippen molar-refractivity contribution in [2.24, 2.45) is 0 Å². The molecule has 0 N–H and O–H groups in total. The van der Waals surface area contributed by atoms with Gasteiger partial charge in [0.1, 0.15) is 11.8 Å². The molecule has 7 nitrogen and oxygen atoms in total. The number of ether oxygens (including phenoxy) is 3. The van der Waals surface area contributed by atoms with E-state index in [1.807, 2.05) is 0 Å². The van der Waals surface area contributed by atoms with Crippen LogP contribution >= 0.6 is 0 Å². The second kappa shape index (κ2) is 9.91. The van der Waals surface area contributed by atoms with Crippen molar-refractivity contribution < 1.29 is 28.6 Å². The van der Waals surface area contributed by atoms with Crippen molar-refractivity contribution in [2.45, 2.75) is 38.2 Å². The van der Waals surface area contributed by atoms with Crippen LogP contribution in [0, 0.1) is 0 Å². The average molecular weight is 411 g/mol. The van der Waals surface area contributed by atoms with Gasteiger partial charge in [0.25, 0.3) is 0 Å². The van der Waals surface area contributed by atoms with Crippen molar-refractivity contribution in [1.82, 2.24) is 0 Å². The number of benzene rings is 1. The third-order valence-electron chi connectivity index (χ3n) is 5.10. The third-order valence-corrected chi connectivity index (χ3v) is 5.10. The van der Waals surface area contributed by atoms with Crippen LogP contribution in [0.2, 0.25) is 0 Å². The Hall–Kier alpha value is -3.35. The molecule has 1 aromatic carbocycles. The van der Waals surface area contributed by atoms with Crippen molar-refractivity contribution in [3.63, 3.8) is 0 Å². The minimum atomic E-state index is -0.734. The van der Waals surface area contributed by atoms with Crippen LogP contribution in [0.1, 0.15) is 42.5 Å². The summed E-state index contributed by atoms with van der Waals surface area (Å²) in [5, 5.41) is 0. The van der Waals surface area contributed by atoms with E-state index >= 15 is 0 Å². The number of carbonyl (C=O) groups is 3. The van der Waals surface area contributed by atoms with E-state index in [-0.39, 0.29) is 17.4 Å². The minimum absolute atomic E-state index is 0.0183. The molecule has 1 saturated carbocycles. The van der Waals surface area contributed by atoms with E-state index in [4.69, 9.17) is 14.2 Å². The fraction of sp³-hybridized carbons (Fsp3) is 0.348. The van der Waals surface area contributed by atoms with Crippen molar-refractivity contribution in [2.75, 3.05) is 19.1 Å². The van der Waals surface area contributed by atoms with Crippen molar-refractivity contribution in [3.05, 3.63) is 65.5 Å². The number of anilines is 1. The molecule has 0 aromatic heterocycles. The average Bonchev–Trinajstić information content (AvgIpc) is 3.01. The first-order valence-electron chi connectivity index (χ1n) is 9.91. The standard InChI is InChI=1S/C23H25NO6/c1-28-21(25)18-13-8-9-15-24(20(18)23(27)29-2)19-14-7-6-12-17(19)22(26)30-16-10-4-3-5-11-16/h6-9,12-16H,3-5,10-11H2,1-2H3. The first kappa shape index (κ1) is 21.4. The van der Waals surface area contributed by atoms with Crippen LogP contribution in [0.5, 0.6) is 0 Å². The number of hydrogen-bond donors (Lipinski definition) is 0. The van der Waals surface area contributed by atoms with E-state index < -0.39 is 17.9 Å². The second-order valence-corrected chi connectivity index (χ2v) is 7.00. The summed E-state index contributed by atoms with van der Waals surface area (Å²) in [6.07, 6.45) is 11.1. The van der Waals surface area contributed by atoms with Gasteiger partial charge in [-0.15, -0.1) is 0 Å². The molecular weight excluding hydrogens is 386 g/mol. The van der Waals surface area contributed by atoms with Gasteiger partial charge in [0.2, 0.25) is 0 Å². The van der Waals surface area contributed by atoms with E-state index in [1.54, 1.807) is 42.6 Å². The maximum absolute atomic E-state index is 13.0. The summed E-state index contributed by atoms with van der Waals surface area (Å²) in [5.74, 6) is -1.89. The Kier molecular flexibility index (Phi) is 7.06. The molecule has 158 valence electrons. The smallest absolute Gasteiger partial charge is 0.355 e. The van der Waals surface area contributed by atoms with Gasteiger partial charge in [-0.2, -0.15) is 0 Å². The van der Waals surface area contributed by atoms with Gasteiger partial charge in [0.15, 0.2) is 0 Å². The van der Waals surface area contributed by atoms with Crippen LogP contribution in [0.15, 0.2) is 60.0 Å². The molecule has 30 heavy (non-hydrogen) atoms. The second-order valence-electron chi connectivity index (χ2n) is 7.00. The topological polar surface area (TPSA) is 82.1 Å². The summed E-state index contributed by atoms with van der Waals surface area (Å²) in [6, 6.07) is 6.79. The molecule has 1 fully saturated rings. The van der Waals surface area contributed by atoms with Crippen LogP contribution in [0.25, 0.3) is 0 Å². The Balaban J connectivity index is 2.03. The van der Waals surface area contributed by atoms with Gasteiger partial charge in [0.05, 0.1) is 31.0 Å². The molecule has 7 heteroatoms. The quantitative estimate of drug-likeness (QED) is 0.540. The molecule has 0 amide bonds. The lowest BCUT2D eigenvalue weighted by atomic mass is 9.98. The number of hydrogen-bond acceptors (Lipinski definition) is 7. The zero-order chi connectivity index (χ0) is 21.5. The summed E-state index contributed by atoms with van der Waals surface area (Å²) in [7, 11) is 2.46. The predicted octanol–water partition coefficient (Wildman–Crippen LogP) is 3.67. The Bertz CT molecular complexity index is 908. The number of rotatable bonds is 5. The summed E-state index contributed by atoms with van der Waals surface area (Å²) >= 11 is 0. The fourth-order valence-electron chi connectivity index (χ4n) is 3.61. The molecule has 0 unspecified atom stereocenters. The SMILES string of the molecule is COC(=O)C1=C(C(=O)OC)N(c2ccccc2C(=O)OC2CCCCC2)C=CC=C1. The van der Waals surface area contributed by atoms with Gasteiger partial charge in [-0.1, -0.05) is 24.6 Å². The van der Waals surface area contributed by atoms with Gasteiger partial charge in [-0.3, -0.25) is 0 Å². The molecule has 0 saturated heterocycles. The van der Waals surface area contributed by atoms with E-state index in [1.165, 1.54) is 25.2 Å². The zero-order valence-electron chi connectivity index (χ0n) is 17.1. The Labute approximate surface area is 175 Å².